The van der Waals surface area contributed by atoms with E-state index >= 15 is 0 Å². The Balaban J connectivity index is 1.50. The standard InChI is InChI=1S/C18H25N3O2/c19-11-16-8-9-17(23-16)13-21-10-4-5-14(12-21)18(22)20-15-6-2-1-3-7-15/h8-9,14-15H,1-7,10,12-13H2,(H,20,22)/t14-/m1/s1. The highest BCUT2D eigenvalue weighted by molar-refractivity contribution is 5.79. The average Bonchev–Trinajstić information content (AvgIpc) is 3.03. The molecule has 124 valence electrons. The van der Waals surface area contributed by atoms with Crippen molar-refractivity contribution in [2.45, 2.75) is 57.5 Å². The highest BCUT2D eigenvalue weighted by atomic mass is 16.3. The van der Waals surface area contributed by atoms with Crippen LogP contribution in [0.25, 0.3) is 0 Å². The average molecular weight is 315 g/mol. The number of carbonyl (C=O) groups excluding carboxylic acids is 1. The van der Waals surface area contributed by atoms with E-state index in [-0.39, 0.29) is 11.8 Å². The molecule has 23 heavy (non-hydrogen) atoms. The van der Waals surface area contributed by atoms with Gasteiger partial charge in [-0.15, -0.1) is 0 Å². The Bertz CT molecular complexity index is 569. The van der Waals surface area contributed by atoms with E-state index < -0.39 is 0 Å². The number of hydrogen-bond donors (Lipinski definition) is 1. The van der Waals surface area contributed by atoms with E-state index in [0.29, 0.717) is 18.3 Å². The van der Waals surface area contributed by atoms with Crippen molar-refractivity contribution in [3.8, 4) is 6.07 Å². The first-order valence-corrected chi connectivity index (χ1v) is 8.76. The molecule has 0 bridgehead atoms. The fourth-order valence-electron chi connectivity index (χ4n) is 3.72. The molecule has 1 saturated carbocycles. The van der Waals surface area contributed by atoms with Crippen LogP contribution in [0, 0.1) is 17.2 Å². The first-order chi connectivity index (χ1) is 11.2. The fraction of sp³-hybridized carbons (Fsp3) is 0.667. The summed E-state index contributed by atoms with van der Waals surface area (Å²) in [4.78, 5) is 14.8. The van der Waals surface area contributed by atoms with Crippen molar-refractivity contribution >= 4 is 5.91 Å². The third-order valence-electron chi connectivity index (χ3n) is 4.98. The summed E-state index contributed by atoms with van der Waals surface area (Å²) in [6.07, 6.45) is 8.04. The monoisotopic (exact) mass is 315 g/mol. The van der Waals surface area contributed by atoms with Crippen molar-refractivity contribution in [2.75, 3.05) is 13.1 Å². The summed E-state index contributed by atoms with van der Waals surface area (Å²) >= 11 is 0. The van der Waals surface area contributed by atoms with Gasteiger partial charge in [-0.1, -0.05) is 19.3 Å². The summed E-state index contributed by atoms with van der Waals surface area (Å²) in [5.41, 5.74) is 0. The maximum atomic E-state index is 12.5. The van der Waals surface area contributed by atoms with Crippen LogP contribution in [0.2, 0.25) is 0 Å². The Labute approximate surface area is 137 Å². The number of amides is 1. The summed E-state index contributed by atoms with van der Waals surface area (Å²) in [5.74, 6) is 1.45. The summed E-state index contributed by atoms with van der Waals surface area (Å²) < 4.78 is 5.45. The Morgan fingerprint density at radius 3 is 2.83 bits per heavy atom. The van der Waals surface area contributed by atoms with Gasteiger partial charge < -0.3 is 9.73 Å². The van der Waals surface area contributed by atoms with E-state index in [1.165, 1.54) is 19.3 Å². The second kappa shape index (κ2) is 7.65. The molecule has 5 heteroatoms. The molecule has 0 radical (unpaired) electrons. The maximum absolute atomic E-state index is 12.5. The number of hydrogen-bond acceptors (Lipinski definition) is 4. The van der Waals surface area contributed by atoms with Gasteiger partial charge in [0.15, 0.2) is 0 Å². The lowest BCUT2D eigenvalue weighted by Gasteiger charge is -2.33. The second-order valence-electron chi connectivity index (χ2n) is 6.80. The number of carbonyl (C=O) groups is 1. The molecule has 2 aliphatic rings. The summed E-state index contributed by atoms with van der Waals surface area (Å²) in [7, 11) is 0. The van der Waals surface area contributed by atoms with Crippen LogP contribution in [0.5, 0.6) is 0 Å². The van der Waals surface area contributed by atoms with Crippen LogP contribution in [-0.2, 0) is 11.3 Å². The number of furan rings is 1. The van der Waals surface area contributed by atoms with Crippen molar-refractivity contribution in [3.63, 3.8) is 0 Å². The van der Waals surface area contributed by atoms with Crippen molar-refractivity contribution in [2.24, 2.45) is 5.92 Å². The van der Waals surface area contributed by atoms with Crippen LogP contribution in [0.3, 0.4) is 0 Å². The zero-order valence-corrected chi connectivity index (χ0v) is 13.6. The topological polar surface area (TPSA) is 69.3 Å². The largest absolute Gasteiger partial charge is 0.449 e. The van der Waals surface area contributed by atoms with Crippen LogP contribution in [0.4, 0.5) is 0 Å². The van der Waals surface area contributed by atoms with Gasteiger partial charge in [0.05, 0.1) is 12.5 Å². The Morgan fingerprint density at radius 2 is 2.09 bits per heavy atom. The normalized spacial score (nSPS) is 23.3. The molecule has 5 nitrogen and oxygen atoms in total. The number of nitrogens with one attached hydrogen (secondary N) is 1. The SMILES string of the molecule is N#Cc1ccc(CN2CCC[C@@H](C(=O)NC3CCCCC3)C2)o1. The van der Waals surface area contributed by atoms with Crippen molar-refractivity contribution in [1.29, 1.82) is 5.26 Å². The van der Waals surface area contributed by atoms with E-state index in [1.807, 2.05) is 12.1 Å². The lowest BCUT2D eigenvalue weighted by atomic mass is 9.93. The van der Waals surface area contributed by atoms with E-state index in [4.69, 9.17) is 9.68 Å². The molecule has 1 atom stereocenters. The number of nitrogens with zero attached hydrogens (tertiary/aromatic N) is 2. The first kappa shape index (κ1) is 16.1. The molecule has 1 saturated heterocycles. The predicted molar refractivity (Wildman–Crippen MR) is 86.4 cm³/mol. The minimum Gasteiger partial charge on any atom is -0.449 e. The molecule has 1 aliphatic heterocycles. The fourth-order valence-corrected chi connectivity index (χ4v) is 3.72. The molecule has 1 amide bonds. The maximum Gasteiger partial charge on any atom is 0.224 e. The van der Waals surface area contributed by atoms with E-state index in [2.05, 4.69) is 10.2 Å². The highest BCUT2D eigenvalue weighted by Gasteiger charge is 2.28. The molecule has 0 aromatic carbocycles. The van der Waals surface area contributed by atoms with Crippen LogP contribution in [-0.4, -0.2) is 29.9 Å². The minimum absolute atomic E-state index is 0.0797. The van der Waals surface area contributed by atoms with E-state index in [0.717, 1.165) is 44.5 Å². The molecule has 1 N–H and O–H groups in total. The van der Waals surface area contributed by atoms with Crippen molar-refractivity contribution in [1.82, 2.24) is 10.2 Å². The zero-order chi connectivity index (χ0) is 16.1. The first-order valence-electron chi connectivity index (χ1n) is 8.76. The van der Waals surface area contributed by atoms with E-state index in [1.54, 1.807) is 6.07 Å². The van der Waals surface area contributed by atoms with Gasteiger partial charge in [0, 0.05) is 12.6 Å². The molecular formula is C18H25N3O2. The number of likely N-dealkylation sites (tertiary alicyclic amines) is 1. The van der Waals surface area contributed by atoms with Crippen molar-refractivity contribution < 1.29 is 9.21 Å². The molecule has 0 spiro atoms. The van der Waals surface area contributed by atoms with Gasteiger partial charge in [0.25, 0.3) is 0 Å². The Hall–Kier alpha value is -1.80. The summed E-state index contributed by atoms with van der Waals surface area (Å²) in [6, 6.07) is 5.94. The van der Waals surface area contributed by atoms with Gasteiger partial charge in [-0.05, 0) is 44.4 Å². The van der Waals surface area contributed by atoms with E-state index in [9.17, 15) is 4.79 Å². The van der Waals surface area contributed by atoms with Crippen LogP contribution < -0.4 is 5.32 Å². The molecular weight excluding hydrogens is 290 g/mol. The summed E-state index contributed by atoms with van der Waals surface area (Å²) in [5, 5.41) is 12.1. The number of nitriles is 1. The lowest BCUT2D eigenvalue weighted by molar-refractivity contribution is -0.127. The molecule has 1 aliphatic carbocycles. The van der Waals surface area contributed by atoms with Crippen LogP contribution >= 0.6 is 0 Å². The van der Waals surface area contributed by atoms with Gasteiger partial charge in [-0.2, -0.15) is 5.26 Å². The van der Waals surface area contributed by atoms with Crippen molar-refractivity contribution in [3.05, 3.63) is 23.7 Å². The molecule has 3 rings (SSSR count). The smallest absolute Gasteiger partial charge is 0.224 e. The lowest BCUT2D eigenvalue weighted by Crippen LogP contribution is -2.46. The molecule has 0 unspecified atom stereocenters. The quantitative estimate of drug-likeness (QED) is 0.927. The predicted octanol–water partition coefficient (Wildman–Crippen LogP) is 2.81. The van der Waals surface area contributed by atoms with Crippen LogP contribution in [0.1, 0.15) is 56.5 Å². The number of rotatable bonds is 4. The molecule has 1 aromatic rings. The highest BCUT2D eigenvalue weighted by Crippen LogP contribution is 2.22. The Morgan fingerprint density at radius 1 is 1.26 bits per heavy atom. The molecule has 2 heterocycles. The van der Waals surface area contributed by atoms with Gasteiger partial charge in [0.1, 0.15) is 11.8 Å². The minimum atomic E-state index is 0.0797. The van der Waals surface area contributed by atoms with Crippen LogP contribution in [0.15, 0.2) is 16.5 Å². The third-order valence-corrected chi connectivity index (χ3v) is 4.98. The van der Waals surface area contributed by atoms with Gasteiger partial charge in [-0.25, -0.2) is 0 Å². The van der Waals surface area contributed by atoms with Gasteiger partial charge in [0.2, 0.25) is 11.7 Å². The van der Waals surface area contributed by atoms with Gasteiger partial charge in [-0.3, -0.25) is 9.69 Å². The summed E-state index contributed by atoms with van der Waals surface area (Å²) in [6.45, 7) is 2.44. The molecule has 1 aromatic heterocycles. The number of piperidine rings is 1. The zero-order valence-electron chi connectivity index (χ0n) is 13.6. The third kappa shape index (κ3) is 4.35. The second-order valence-corrected chi connectivity index (χ2v) is 6.80. The molecule has 2 fully saturated rings. The Kier molecular flexibility index (Phi) is 5.35. The van der Waals surface area contributed by atoms with Gasteiger partial charge >= 0.3 is 0 Å².